The zero-order valence-corrected chi connectivity index (χ0v) is 10.9. The molecule has 1 aromatic carbocycles. The van der Waals surface area contributed by atoms with Gasteiger partial charge in [-0.15, -0.1) is 0 Å². The van der Waals surface area contributed by atoms with Crippen molar-refractivity contribution >= 4 is 5.78 Å². The van der Waals surface area contributed by atoms with Crippen LogP contribution in [-0.4, -0.2) is 12.4 Å². The van der Waals surface area contributed by atoms with Crippen molar-refractivity contribution < 1.29 is 9.53 Å². The van der Waals surface area contributed by atoms with E-state index < -0.39 is 0 Å². The quantitative estimate of drug-likeness (QED) is 0.729. The molecule has 0 fully saturated rings. The Morgan fingerprint density at radius 3 is 2.88 bits per heavy atom. The molecule has 0 saturated carbocycles. The second kappa shape index (κ2) is 4.91. The van der Waals surface area contributed by atoms with Crippen molar-refractivity contribution in [2.24, 2.45) is 5.92 Å². The van der Waals surface area contributed by atoms with E-state index in [1.165, 1.54) is 0 Å². The maximum Gasteiger partial charge on any atom is 0.163 e. The number of hydrogen-bond donors (Lipinski definition) is 0. The van der Waals surface area contributed by atoms with Crippen molar-refractivity contribution in [2.75, 3.05) is 6.61 Å². The summed E-state index contributed by atoms with van der Waals surface area (Å²) in [5.74, 6) is 1.66. The number of ether oxygens (including phenoxy) is 1. The van der Waals surface area contributed by atoms with Crippen LogP contribution < -0.4 is 4.74 Å². The van der Waals surface area contributed by atoms with Crippen molar-refractivity contribution in [3.63, 3.8) is 0 Å². The van der Waals surface area contributed by atoms with Crippen LogP contribution in [0.4, 0.5) is 0 Å². The number of fused-ring (bicyclic) bond motifs is 1. The molecule has 0 radical (unpaired) electrons. The summed E-state index contributed by atoms with van der Waals surface area (Å²) < 4.78 is 5.65. The minimum Gasteiger partial charge on any atom is -0.494 e. The number of rotatable bonds is 2. The zero-order valence-electron chi connectivity index (χ0n) is 10.9. The minimum atomic E-state index is 0.282. The van der Waals surface area contributed by atoms with E-state index in [1.807, 2.05) is 26.0 Å². The summed E-state index contributed by atoms with van der Waals surface area (Å²) in [6, 6.07) is 4.00. The summed E-state index contributed by atoms with van der Waals surface area (Å²) in [6.45, 7) is 6.80. The lowest BCUT2D eigenvalue weighted by Gasteiger charge is -2.14. The molecule has 0 bridgehead atoms. The topological polar surface area (TPSA) is 26.3 Å². The Labute approximate surface area is 103 Å². The van der Waals surface area contributed by atoms with Crippen molar-refractivity contribution in [2.45, 2.75) is 40.0 Å². The van der Waals surface area contributed by atoms with Crippen LogP contribution >= 0.6 is 0 Å². The third-order valence-corrected chi connectivity index (χ3v) is 3.48. The summed E-state index contributed by atoms with van der Waals surface area (Å²) >= 11 is 0. The van der Waals surface area contributed by atoms with Gasteiger partial charge in [0.15, 0.2) is 5.78 Å². The molecule has 0 aromatic heterocycles. The summed E-state index contributed by atoms with van der Waals surface area (Å²) in [4.78, 5) is 12.2. The highest BCUT2D eigenvalue weighted by Gasteiger charge is 2.24. The molecule has 1 aliphatic carbocycles. The fourth-order valence-corrected chi connectivity index (χ4v) is 2.58. The first kappa shape index (κ1) is 12.2. The Bertz CT molecular complexity index is 435. The number of hydrogen-bond acceptors (Lipinski definition) is 2. The predicted molar refractivity (Wildman–Crippen MR) is 68.8 cm³/mol. The standard InChI is InChI=1S/C15H20O2/c1-4-17-14-8-6-11(3)15-12(14)7-5-10(2)9-13(15)16/h6,8,10H,4-5,7,9H2,1-3H3. The Hall–Kier alpha value is -1.31. The van der Waals surface area contributed by atoms with Gasteiger partial charge in [0.25, 0.3) is 0 Å². The maximum atomic E-state index is 12.2. The Morgan fingerprint density at radius 1 is 1.41 bits per heavy atom. The molecule has 2 rings (SSSR count). The average molecular weight is 232 g/mol. The number of Topliss-reactive ketones (excluding diaryl/α,β-unsaturated/α-hetero) is 1. The van der Waals surface area contributed by atoms with Crippen LogP contribution in [0.15, 0.2) is 12.1 Å². The molecular weight excluding hydrogens is 212 g/mol. The van der Waals surface area contributed by atoms with E-state index in [9.17, 15) is 4.79 Å². The van der Waals surface area contributed by atoms with Gasteiger partial charge in [-0.05, 0) is 44.2 Å². The van der Waals surface area contributed by atoms with Gasteiger partial charge in [-0.25, -0.2) is 0 Å². The maximum absolute atomic E-state index is 12.2. The van der Waals surface area contributed by atoms with Crippen LogP contribution in [0.2, 0.25) is 0 Å². The minimum absolute atomic E-state index is 0.282. The van der Waals surface area contributed by atoms with Gasteiger partial charge in [0.2, 0.25) is 0 Å². The second-order valence-electron chi connectivity index (χ2n) is 4.94. The molecule has 0 aliphatic heterocycles. The lowest BCUT2D eigenvalue weighted by Crippen LogP contribution is -2.07. The van der Waals surface area contributed by atoms with Crippen molar-refractivity contribution in [1.29, 1.82) is 0 Å². The van der Waals surface area contributed by atoms with E-state index >= 15 is 0 Å². The molecular formula is C15H20O2. The van der Waals surface area contributed by atoms with Gasteiger partial charge in [-0.1, -0.05) is 13.0 Å². The molecule has 17 heavy (non-hydrogen) atoms. The summed E-state index contributed by atoms with van der Waals surface area (Å²) in [7, 11) is 0. The molecule has 2 heteroatoms. The Morgan fingerprint density at radius 2 is 2.18 bits per heavy atom. The molecule has 0 amide bonds. The van der Waals surface area contributed by atoms with Gasteiger partial charge in [0.05, 0.1) is 6.61 Å². The molecule has 1 atom stereocenters. The number of benzene rings is 1. The zero-order chi connectivity index (χ0) is 12.4. The molecule has 0 N–H and O–H groups in total. The third-order valence-electron chi connectivity index (χ3n) is 3.48. The molecule has 1 aliphatic rings. The molecule has 92 valence electrons. The molecule has 1 aromatic rings. The molecule has 1 unspecified atom stereocenters. The third kappa shape index (κ3) is 2.36. The Kier molecular flexibility index (Phi) is 3.51. The van der Waals surface area contributed by atoms with Gasteiger partial charge >= 0.3 is 0 Å². The van der Waals surface area contributed by atoms with E-state index in [4.69, 9.17) is 4.74 Å². The first-order chi connectivity index (χ1) is 8.13. The SMILES string of the molecule is CCOc1ccc(C)c2c1CCC(C)CC2=O. The van der Waals surface area contributed by atoms with Crippen LogP contribution in [0.1, 0.15) is 48.2 Å². The average Bonchev–Trinajstić information content (AvgIpc) is 2.43. The molecule has 2 nitrogen and oxygen atoms in total. The molecule has 0 spiro atoms. The van der Waals surface area contributed by atoms with Crippen molar-refractivity contribution in [3.8, 4) is 5.75 Å². The largest absolute Gasteiger partial charge is 0.494 e. The first-order valence-corrected chi connectivity index (χ1v) is 6.42. The van der Waals surface area contributed by atoms with E-state index in [0.29, 0.717) is 18.9 Å². The van der Waals surface area contributed by atoms with Crippen molar-refractivity contribution in [3.05, 3.63) is 28.8 Å². The number of ketones is 1. The summed E-state index contributed by atoms with van der Waals surface area (Å²) in [5.41, 5.74) is 3.13. The summed E-state index contributed by atoms with van der Waals surface area (Å²) in [5, 5.41) is 0. The van der Waals surface area contributed by atoms with Gasteiger partial charge < -0.3 is 4.74 Å². The molecule has 0 heterocycles. The fourth-order valence-electron chi connectivity index (χ4n) is 2.58. The highest BCUT2D eigenvalue weighted by Crippen LogP contribution is 2.33. The number of carbonyl (C=O) groups excluding carboxylic acids is 1. The van der Waals surface area contributed by atoms with Crippen LogP contribution in [-0.2, 0) is 6.42 Å². The van der Waals surface area contributed by atoms with E-state index in [2.05, 4.69) is 6.92 Å². The highest BCUT2D eigenvalue weighted by atomic mass is 16.5. The molecule has 0 saturated heterocycles. The van der Waals surface area contributed by atoms with E-state index in [1.54, 1.807) is 0 Å². The first-order valence-electron chi connectivity index (χ1n) is 6.42. The second-order valence-corrected chi connectivity index (χ2v) is 4.94. The summed E-state index contributed by atoms with van der Waals surface area (Å²) in [6.07, 6.45) is 2.70. The lowest BCUT2D eigenvalue weighted by molar-refractivity contribution is 0.0966. The van der Waals surface area contributed by atoms with Crippen molar-refractivity contribution in [1.82, 2.24) is 0 Å². The number of carbonyl (C=O) groups is 1. The predicted octanol–water partition coefficient (Wildman–Crippen LogP) is 3.55. The van der Waals surface area contributed by atoms with Gasteiger partial charge in [-0.3, -0.25) is 4.79 Å². The normalized spacial score (nSPS) is 19.7. The van der Waals surface area contributed by atoms with Gasteiger partial charge in [0, 0.05) is 17.5 Å². The van der Waals surface area contributed by atoms with E-state index in [-0.39, 0.29) is 5.78 Å². The van der Waals surface area contributed by atoms with Gasteiger partial charge in [-0.2, -0.15) is 0 Å². The van der Waals surface area contributed by atoms with Crippen LogP contribution in [0, 0.1) is 12.8 Å². The highest BCUT2D eigenvalue weighted by molar-refractivity contribution is 6.00. The van der Waals surface area contributed by atoms with Crippen LogP contribution in [0.3, 0.4) is 0 Å². The van der Waals surface area contributed by atoms with Crippen LogP contribution in [0.25, 0.3) is 0 Å². The van der Waals surface area contributed by atoms with Crippen LogP contribution in [0.5, 0.6) is 5.75 Å². The number of aryl methyl sites for hydroxylation is 1. The monoisotopic (exact) mass is 232 g/mol. The smallest absolute Gasteiger partial charge is 0.163 e. The van der Waals surface area contributed by atoms with E-state index in [0.717, 1.165) is 35.3 Å². The Balaban J connectivity index is 2.51. The lowest BCUT2D eigenvalue weighted by atomic mass is 9.96. The fraction of sp³-hybridized carbons (Fsp3) is 0.533. The van der Waals surface area contributed by atoms with Gasteiger partial charge in [0.1, 0.15) is 5.75 Å².